The molecule has 0 saturated carbocycles. The molecule has 1 heterocycles. The molecule has 3 rings (SSSR count). The molecule has 0 aliphatic heterocycles. The zero-order valence-corrected chi connectivity index (χ0v) is 13.0. The van der Waals surface area contributed by atoms with Crippen LogP contribution in [-0.4, -0.2) is 5.91 Å². The van der Waals surface area contributed by atoms with Crippen molar-refractivity contribution in [1.29, 1.82) is 0 Å². The lowest BCUT2D eigenvalue weighted by Gasteiger charge is -2.06. The van der Waals surface area contributed by atoms with Gasteiger partial charge in [0.25, 0.3) is 5.91 Å². The molecule has 22 heavy (non-hydrogen) atoms. The summed E-state index contributed by atoms with van der Waals surface area (Å²) in [6.07, 6.45) is 0. The second-order valence-corrected chi connectivity index (χ2v) is 5.66. The molecular formula is C16H10BrF2NO2. The van der Waals surface area contributed by atoms with Gasteiger partial charge in [0.2, 0.25) is 0 Å². The molecule has 2 aromatic carbocycles. The minimum Gasteiger partial charge on any atom is -0.451 e. The second-order valence-electron chi connectivity index (χ2n) is 4.75. The van der Waals surface area contributed by atoms with Gasteiger partial charge in [0.1, 0.15) is 22.9 Å². The first kappa shape index (κ1) is 14.7. The van der Waals surface area contributed by atoms with E-state index in [4.69, 9.17) is 4.42 Å². The Hall–Kier alpha value is -2.21. The van der Waals surface area contributed by atoms with Gasteiger partial charge in [0.05, 0.1) is 0 Å². The zero-order valence-electron chi connectivity index (χ0n) is 11.4. The van der Waals surface area contributed by atoms with Crippen molar-refractivity contribution in [3.8, 4) is 0 Å². The quantitative estimate of drug-likeness (QED) is 0.691. The molecule has 3 nitrogen and oxygen atoms in total. The van der Waals surface area contributed by atoms with E-state index >= 15 is 0 Å². The average Bonchev–Trinajstić information content (AvgIpc) is 2.80. The fourth-order valence-corrected chi connectivity index (χ4v) is 2.56. The lowest BCUT2D eigenvalue weighted by molar-refractivity contribution is 0.0997. The summed E-state index contributed by atoms with van der Waals surface area (Å²) in [5.41, 5.74) is 0.638. The monoisotopic (exact) mass is 365 g/mol. The average molecular weight is 366 g/mol. The predicted molar refractivity (Wildman–Crippen MR) is 83.0 cm³/mol. The highest BCUT2D eigenvalue weighted by atomic mass is 79.9. The summed E-state index contributed by atoms with van der Waals surface area (Å²) >= 11 is 3.34. The molecule has 0 bridgehead atoms. The van der Waals surface area contributed by atoms with Gasteiger partial charge in [-0.3, -0.25) is 4.79 Å². The molecule has 0 fully saturated rings. The van der Waals surface area contributed by atoms with Crippen molar-refractivity contribution in [3.63, 3.8) is 0 Å². The van der Waals surface area contributed by atoms with E-state index in [9.17, 15) is 13.6 Å². The molecular weight excluding hydrogens is 356 g/mol. The topological polar surface area (TPSA) is 42.2 Å². The zero-order chi connectivity index (χ0) is 15.9. The van der Waals surface area contributed by atoms with Crippen LogP contribution in [0.25, 0.3) is 11.0 Å². The lowest BCUT2D eigenvalue weighted by atomic mass is 10.1. The molecule has 3 aromatic rings. The molecule has 1 amide bonds. The van der Waals surface area contributed by atoms with Crippen molar-refractivity contribution in [1.82, 2.24) is 0 Å². The third-order valence-corrected chi connectivity index (χ3v) is 3.80. The fourth-order valence-electron chi connectivity index (χ4n) is 2.20. The number of amides is 1. The third-order valence-electron chi connectivity index (χ3n) is 3.31. The van der Waals surface area contributed by atoms with Crippen molar-refractivity contribution in [2.45, 2.75) is 6.92 Å². The molecule has 0 saturated heterocycles. The fraction of sp³-hybridized carbons (Fsp3) is 0.0625. The van der Waals surface area contributed by atoms with E-state index in [1.807, 2.05) is 6.07 Å². The molecule has 0 atom stereocenters. The number of anilines is 1. The third kappa shape index (κ3) is 2.50. The van der Waals surface area contributed by atoms with Crippen LogP contribution in [-0.2, 0) is 0 Å². The number of fused-ring (bicyclic) bond motifs is 1. The Labute approximate surface area is 133 Å². The van der Waals surface area contributed by atoms with Gasteiger partial charge in [0.15, 0.2) is 5.76 Å². The Morgan fingerprint density at radius 3 is 2.55 bits per heavy atom. The number of aryl methyl sites for hydroxylation is 1. The molecule has 0 aliphatic carbocycles. The van der Waals surface area contributed by atoms with Crippen LogP contribution in [0.4, 0.5) is 14.5 Å². The van der Waals surface area contributed by atoms with Crippen molar-refractivity contribution < 1.29 is 18.0 Å². The highest BCUT2D eigenvalue weighted by molar-refractivity contribution is 9.10. The Morgan fingerprint density at radius 1 is 1.18 bits per heavy atom. The molecule has 6 heteroatoms. The molecule has 1 N–H and O–H groups in total. The minimum absolute atomic E-state index is 0.0238. The summed E-state index contributed by atoms with van der Waals surface area (Å²) < 4.78 is 33.5. The van der Waals surface area contributed by atoms with Gasteiger partial charge in [-0.2, -0.15) is 0 Å². The van der Waals surface area contributed by atoms with Crippen LogP contribution in [0.3, 0.4) is 0 Å². The maximum Gasteiger partial charge on any atom is 0.291 e. The number of furan rings is 1. The van der Waals surface area contributed by atoms with Gasteiger partial charge in [-0.05, 0) is 37.3 Å². The summed E-state index contributed by atoms with van der Waals surface area (Å²) in [5.74, 6) is -2.36. The summed E-state index contributed by atoms with van der Waals surface area (Å²) in [6.45, 7) is 1.71. The number of carbonyl (C=O) groups excluding carboxylic acids is 1. The van der Waals surface area contributed by atoms with Crippen molar-refractivity contribution >= 4 is 38.5 Å². The van der Waals surface area contributed by atoms with Gasteiger partial charge < -0.3 is 9.73 Å². The number of carbonyl (C=O) groups is 1. The van der Waals surface area contributed by atoms with Crippen LogP contribution in [0, 0.1) is 18.6 Å². The number of nitrogens with one attached hydrogen (secondary N) is 1. The summed E-state index contributed by atoms with van der Waals surface area (Å²) in [7, 11) is 0. The van der Waals surface area contributed by atoms with Crippen molar-refractivity contribution in [3.05, 3.63) is 63.8 Å². The van der Waals surface area contributed by atoms with E-state index < -0.39 is 23.2 Å². The minimum atomic E-state index is -0.843. The number of halogens is 3. The molecule has 1 aromatic heterocycles. The maximum atomic E-state index is 13.6. The largest absolute Gasteiger partial charge is 0.451 e. The van der Waals surface area contributed by atoms with E-state index in [2.05, 4.69) is 21.2 Å². The first-order valence-electron chi connectivity index (χ1n) is 6.41. The first-order valence-corrected chi connectivity index (χ1v) is 7.20. The Balaban J connectivity index is 2.01. The van der Waals surface area contributed by atoms with Crippen LogP contribution in [0.15, 0.2) is 45.3 Å². The molecule has 0 aliphatic rings. The second kappa shape index (κ2) is 5.53. The number of rotatable bonds is 2. The van der Waals surface area contributed by atoms with Crippen molar-refractivity contribution in [2.75, 3.05) is 5.32 Å². The summed E-state index contributed by atoms with van der Waals surface area (Å²) in [4.78, 5) is 12.2. The highest BCUT2D eigenvalue weighted by Crippen LogP contribution is 2.29. The van der Waals surface area contributed by atoms with Crippen LogP contribution in [0.2, 0.25) is 0 Å². The van der Waals surface area contributed by atoms with Crippen molar-refractivity contribution in [2.24, 2.45) is 0 Å². The highest BCUT2D eigenvalue weighted by Gasteiger charge is 2.20. The predicted octanol–water partition coefficient (Wildman–Crippen LogP) is 5.03. The van der Waals surface area contributed by atoms with E-state index in [1.165, 1.54) is 6.07 Å². The number of hydrogen-bond donors (Lipinski definition) is 1. The standard InChI is InChI=1S/C16H10BrF2NO2/c1-8-10-7-9(17)5-6-13(10)22-15(8)16(21)20-14-11(18)3-2-4-12(14)19/h2-7H,1H3,(H,20,21). The molecule has 0 radical (unpaired) electrons. The van der Waals surface area contributed by atoms with Crippen LogP contribution >= 0.6 is 15.9 Å². The molecule has 0 spiro atoms. The smallest absolute Gasteiger partial charge is 0.291 e. The van der Waals surface area contributed by atoms with E-state index in [1.54, 1.807) is 19.1 Å². The Bertz CT molecular complexity index is 869. The normalized spacial score (nSPS) is 10.9. The first-order chi connectivity index (χ1) is 10.5. The number of hydrogen-bond acceptors (Lipinski definition) is 2. The summed E-state index contributed by atoms with van der Waals surface area (Å²) in [5, 5.41) is 2.97. The van der Waals surface area contributed by atoms with E-state index in [0.29, 0.717) is 11.1 Å². The van der Waals surface area contributed by atoms with Gasteiger partial charge >= 0.3 is 0 Å². The van der Waals surface area contributed by atoms with E-state index in [-0.39, 0.29) is 5.76 Å². The SMILES string of the molecule is Cc1c(C(=O)Nc2c(F)cccc2F)oc2ccc(Br)cc12. The number of benzene rings is 2. The van der Waals surface area contributed by atoms with Crippen LogP contribution < -0.4 is 5.32 Å². The van der Waals surface area contributed by atoms with Gasteiger partial charge in [-0.25, -0.2) is 8.78 Å². The van der Waals surface area contributed by atoms with Crippen LogP contribution in [0.1, 0.15) is 16.1 Å². The Morgan fingerprint density at radius 2 is 1.86 bits per heavy atom. The maximum absolute atomic E-state index is 13.6. The van der Waals surface area contributed by atoms with Gasteiger partial charge in [-0.15, -0.1) is 0 Å². The number of para-hydroxylation sites is 1. The van der Waals surface area contributed by atoms with Gasteiger partial charge in [0, 0.05) is 15.4 Å². The van der Waals surface area contributed by atoms with E-state index in [0.717, 1.165) is 22.0 Å². The summed E-state index contributed by atoms with van der Waals surface area (Å²) in [6, 6.07) is 8.68. The Kier molecular flexibility index (Phi) is 3.70. The van der Waals surface area contributed by atoms with Crippen LogP contribution in [0.5, 0.6) is 0 Å². The molecule has 0 unspecified atom stereocenters. The van der Waals surface area contributed by atoms with Gasteiger partial charge in [-0.1, -0.05) is 22.0 Å². The lowest BCUT2D eigenvalue weighted by Crippen LogP contribution is -2.14. The molecule has 112 valence electrons.